The van der Waals surface area contributed by atoms with E-state index in [1.54, 1.807) is 0 Å². The van der Waals surface area contributed by atoms with Crippen LogP contribution in [-0.4, -0.2) is 34.2 Å². The highest BCUT2D eigenvalue weighted by molar-refractivity contribution is 7.18. The summed E-state index contributed by atoms with van der Waals surface area (Å²) < 4.78 is 6.93. The van der Waals surface area contributed by atoms with Crippen LogP contribution in [0.25, 0.3) is 0 Å². The number of hydrogen-bond donors (Lipinski definition) is 0. The summed E-state index contributed by atoms with van der Waals surface area (Å²) in [5.74, 6) is 1.04. The molecule has 0 saturated heterocycles. The van der Waals surface area contributed by atoms with Crippen molar-refractivity contribution in [2.75, 3.05) is 18.6 Å². The Morgan fingerprint density at radius 2 is 2.13 bits per heavy atom. The Bertz CT molecular complexity index is 753. The molecule has 0 fully saturated rings. The number of nitrogens with zero attached hydrogens (tertiary/aromatic N) is 4. The van der Waals surface area contributed by atoms with Gasteiger partial charge in [0.25, 0.3) is 0 Å². The number of carbonyl (C=O) groups excluding carboxylic acids is 1. The minimum atomic E-state index is -0.448. The van der Waals surface area contributed by atoms with Gasteiger partial charge >= 0.3 is 5.97 Å². The van der Waals surface area contributed by atoms with Crippen LogP contribution in [0.4, 0.5) is 5.13 Å². The van der Waals surface area contributed by atoms with Crippen molar-refractivity contribution < 1.29 is 9.53 Å². The van der Waals surface area contributed by atoms with E-state index in [1.807, 2.05) is 0 Å². The molecule has 0 aromatic carbocycles. The molecule has 0 saturated carbocycles. The summed E-state index contributed by atoms with van der Waals surface area (Å²) in [6.45, 7) is 5.80. The third kappa shape index (κ3) is 2.83. The van der Waals surface area contributed by atoms with Crippen molar-refractivity contribution in [1.29, 1.82) is 0 Å². The Balaban J connectivity index is 1.88. The second-order valence-corrected chi connectivity index (χ2v) is 7.19. The van der Waals surface area contributed by atoms with Gasteiger partial charge in [0.05, 0.1) is 19.3 Å². The van der Waals surface area contributed by atoms with Crippen molar-refractivity contribution in [2.24, 2.45) is 7.05 Å². The van der Waals surface area contributed by atoms with Crippen molar-refractivity contribution >= 4 is 34.0 Å². The summed E-state index contributed by atoms with van der Waals surface area (Å²) in [5.41, 5.74) is 2.36. The number of halogens is 1. The predicted molar refractivity (Wildman–Crippen MR) is 90.5 cm³/mol. The first kappa shape index (κ1) is 16.3. The lowest BCUT2D eigenvalue weighted by Crippen LogP contribution is -2.30. The van der Waals surface area contributed by atoms with Crippen molar-refractivity contribution in [3.8, 4) is 0 Å². The quantitative estimate of drug-likeness (QED) is 0.793. The van der Waals surface area contributed by atoms with Crippen LogP contribution in [0.3, 0.4) is 0 Å². The molecule has 0 spiro atoms. The van der Waals surface area contributed by atoms with E-state index in [0.717, 1.165) is 29.6 Å². The number of esters is 1. The monoisotopic (exact) mass is 354 g/mol. The molecule has 0 radical (unpaired) electrons. The molecule has 0 amide bonds. The Morgan fingerprint density at radius 1 is 1.39 bits per heavy atom. The number of aromatic nitrogens is 3. The lowest BCUT2D eigenvalue weighted by Gasteiger charge is -2.26. The number of imidazole rings is 1. The number of ether oxygens (including phenoxy) is 1. The van der Waals surface area contributed by atoms with E-state index >= 15 is 0 Å². The number of thiazole rings is 1. The first-order valence-electron chi connectivity index (χ1n) is 7.46. The molecule has 0 N–H and O–H groups in total. The molecule has 2 aromatic heterocycles. The number of anilines is 1. The van der Waals surface area contributed by atoms with Gasteiger partial charge in [0.1, 0.15) is 5.82 Å². The zero-order valence-electron chi connectivity index (χ0n) is 13.6. The average Bonchev–Trinajstić information content (AvgIpc) is 3.07. The van der Waals surface area contributed by atoms with Crippen LogP contribution < -0.4 is 4.90 Å². The molecule has 6 nitrogen and oxygen atoms in total. The summed E-state index contributed by atoms with van der Waals surface area (Å²) in [4.78, 5) is 23.2. The standard InChI is InChI=1S/C15H19ClN4O2S/c1-8(2)13-17-9-7-20(6-5-10(9)19(13)3)15-18-12(16)11(23-15)14(21)22-4/h8H,5-7H2,1-4H3. The van der Waals surface area contributed by atoms with Crippen molar-refractivity contribution in [2.45, 2.75) is 32.7 Å². The first-order valence-corrected chi connectivity index (χ1v) is 8.65. The molecule has 2 aromatic rings. The van der Waals surface area contributed by atoms with Gasteiger partial charge < -0.3 is 14.2 Å². The molecule has 23 heavy (non-hydrogen) atoms. The number of rotatable bonds is 3. The highest BCUT2D eigenvalue weighted by Gasteiger charge is 2.27. The van der Waals surface area contributed by atoms with Gasteiger partial charge in [0.15, 0.2) is 15.2 Å². The molecule has 3 rings (SSSR count). The second-order valence-electron chi connectivity index (χ2n) is 5.86. The van der Waals surface area contributed by atoms with Gasteiger partial charge in [0.2, 0.25) is 0 Å². The third-order valence-electron chi connectivity index (χ3n) is 4.02. The fourth-order valence-electron chi connectivity index (χ4n) is 2.87. The summed E-state index contributed by atoms with van der Waals surface area (Å²) in [5, 5.41) is 0.935. The van der Waals surface area contributed by atoms with E-state index in [9.17, 15) is 4.79 Å². The van der Waals surface area contributed by atoms with E-state index in [4.69, 9.17) is 21.3 Å². The van der Waals surface area contributed by atoms with E-state index in [1.165, 1.54) is 24.1 Å². The topological polar surface area (TPSA) is 60.2 Å². The molecule has 3 heterocycles. The lowest BCUT2D eigenvalue weighted by molar-refractivity contribution is 0.0606. The van der Waals surface area contributed by atoms with Crippen LogP contribution in [-0.2, 0) is 24.8 Å². The maximum absolute atomic E-state index is 11.7. The fourth-order valence-corrected chi connectivity index (χ4v) is 4.10. The second kappa shape index (κ2) is 6.13. The van der Waals surface area contributed by atoms with Crippen LogP contribution in [0.15, 0.2) is 0 Å². The van der Waals surface area contributed by atoms with Crippen molar-refractivity contribution in [3.63, 3.8) is 0 Å². The van der Waals surface area contributed by atoms with Crippen LogP contribution in [0.5, 0.6) is 0 Å². The minimum absolute atomic E-state index is 0.200. The summed E-state index contributed by atoms with van der Waals surface area (Å²) >= 11 is 7.33. The highest BCUT2D eigenvalue weighted by atomic mass is 35.5. The molecule has 8 heteroatoms. The van der Waals surface area contributed by atoms with Crippen LogP contribution >= 0.6 is 22.9 Å². The molecule has 0 aliphatic carbocycles. The van der Waals surface area contributed by atoms with E-state index in [0.29, 0.717) is 17.3 Å². The van der Waals surface area contributed by atoms with Crippen LogP contribution in [0.1, 0.15) is 46.6 Å². The SMILES string of the molecule is COC(=O)c1sc(N2CCc3c(nc(C(C)C)n3C)C2)nc1Cl. The molecule has 0 bridgehead atoms. The predicted octanol–water partition coefficient (Wildman–Crippen LogP) is 3.00. The van der Waals surface area contributed by atoms with Crippen molar-refractivity contribution in [1.82, 2.24) is 14.5 Å². The zero-order valence-corrected chi connectivity index (χ0v) is 15.2. The normalized spacial score (nSPS) is 14.3. The smallest absolute Gasteiger partial charge is 0.351 e. The van der Waals surface area contributed by atoms with E-state index < -0.39 is 5.97 Å². The van der Waals surface area contributed by atoms with Gasteiger partial charge in [-0.3, -0.25) is 0 Å². The van der Waals surface area contributed by atoms with Gasteiger partial charge in [0, 0.05) is 31.6 Å². The van der Waals surface area contributed by atoms with Gasteiger partial charge in [-0.05, 0) is 0 Å². The molecular weight excluding hydrogens is 336 g/mol. The molecular formula is C15H19ClN4O2S. The maximum atomic E-state index is 11.7. The number of hydrogen-bond acceptors (Lipinski definition) is 6. The molecule has 0 unspecified atom stereocenters. The zero-order chi connectivity index (χ0) is 16.7. The molecule has 1 aliphatic rings. The van der Waals surface area contributed by atoms with Gasteiger partial charge in [-0.2, -0.15) is 0 Å². The average molecular weight is 355 g/mol. The molecule has 124 valence electrons. The summed E-state index contributed by atoms with van der Waals surface area (Å²) in [6, 6.07) is 0. The van der Waals surface area contributed by atoms with E-state index in [2.05, 4.69) is 35.3 Å². The van der Waals surface area contributed by atoms with Gasteiger partial charge in [-0.15, -0.1) is 0 Å². The molecule has 0 atom stereocenters. The number of fused-ring (bicyclic) bond motifs is 1. The van der Waals surface area contributed by atoms with Crippen molar-refractivity contribution in [3.05, 3.63) is 27.2 Å². The summed E-state index contributed by atoms with van der Waals surface area (Å²) in [7, 11) is 3.42. The Labute approximate surface area is 144 Å². The summed E-state index contributed by atoms with van der Waals surface area (Å²) in [6.07, 6.45) is 0.899. The Hall–Kier alpha value is -1.60. The number of methoxy groups -OCH3 is 1. The van der Waals surface area contributed by atoms with Gasteiger partial charge in [-0.1, -0.05) is 36.8 Å². The van der Waals surface area contributed by atoms with E-state index in [-0.39, 0.29) is 5.15 Å². The van der Waals surface area contributed by atoms with Crippen LogP contribution in [0.2, 0.25) is 5.15 Å². The third-order valence-corrected chi connectivity index (χ3v) is 5.50. The Kier molecular flexibility index (Phi) is 4.33. The fraction of sp³-hybridized carbons (Fsp3) is 0.533. The Morgan fingerprint density at radius 3 is 2.78 bits per heavy atom. The van der Waals surface area contributed by atoms with Crippen LogP contribution in [0, 0.1) is 0 Å². The maximum Gasteiger partial charge on any atom is 0.351 e. The highest BCUT2D eigenvalue weighted by Crippen LogP contribution is 2.33. The van der Waals surface area contributed by atoms with Gasteiger partial charge in [-0.25, -0.2) is 14.8 Å². The largest absolute Gasteiger partial charge is 0.465 e. The number of carbonyl (C=O) groups is 1. The molecule has 1 aliphatic heterocycles. The first-order chi connectivity index (χ1) is 10.9. The lowest BCUT2D eigenvalue weighted by atomic mass is 10.1. The minimum Gasteiger partial charge on any atom is -0.465 e.